The molecular formula is C15H18F3NO2. The first-order valence-electron chi connectivity index (χ1n) is 6.86. The first-order chi connectivity index (χ1) is 9.91. The molecule has 2 atom stereocenters. The summed E-state index contributed by atoms with van der Waals surface area (Å²) in [7, 11) is 1.35. The van der Waals surface area contributed by atoms with Crippen molar-refractivity contribution in [3.8, 4) is 0 Å². The molecule has 0 aliphatic carbocycles. The van der Waals surface area contributed by atoms with Crippen molar-refractivity contribution < 1.29 is 22.7 Å². The van der Waals surface area contributed by atoms with Crippen molar-refractivity contribution in [3.63, 3.8) is 0 Å². The molecule has 1 aromatic carbocycles. The third kappa shape index (κ3) is 3.97. The van der Waals surface area contributed by atoms with Gasteiger partial charge in [0.1, 0.15) is 0 Å². The van der Waals surface area contributed by atoms with Crippen LogP contribution in [0, 0.1) is 11.8 Å². The Labute approximate surface area is 121 Å². The number of benzene rings is 1. The van der Waals surface area contributed by atoms with Gasteiger partial charge in [-0.3, -0.25) is 4.79 Å². The van der Waals surface area contributed by atoms with E-state index >= 15 is 0 Å². The number of methoxy groups -OCH3 is 1. The lowest BCUT2D eigenvalue weighted by Gasteiger charge is -2.30. The van der Waals surface area contributed by atoms with Crippen molar-refractivity contribution in [2.75, 3.05) is 20.2 Å². The zero-order valence-electron chi connectivity index (χ0n) is 11.7. The molecule has 0 bridgehead atoms. The molecule has 1 aromatic rings. The van der Waals surface area contributed by atoms with Crippen LogP contribution in [0.4, 0.5) is 13.2 Å². The van der Waals surface area contributed by atoms with E-state index in [9.17, 15) is 18.0 Å². The topological polar surface area (TPSA) is 38.3 Å². The van der Waals surface area contributed by atoms with Gasteiger partial charge in [0, 0.05) is 6.54 Å². The van der Waals surface area contributed by atoms with Crippen LogP contribution in [0.2, 0.25) is 0 Å². The summed E-state index contributed by atoms with van der Waals surface area (Å²) in [5.41, 5.74) is 0.157. The average molecular weight is 301 g/mol. The highest BCUT2D eigenvalue weighted by Gasteiger charge is 2.32. The van der Waals surface area contributed by atoms with Crippen LogP contribution in [0.1, 0.15) is 17.5 Å². The second-order valence-electron chi connectivity index (χ2n) is 5.28. The molecule has 1 N–H and O–H groups in total. The van der Waals surface area contributed by atoms with Crippen molar-refractivity contribution in [1.29, 1.82) is 0 Å². The molecule has 21 heavy (non-hydrogen) atoms. The minimum Gasteiger partial charge on any atom is -0.469 e. The number of hydrogen-bond acceptors (Lipinski definition) is 3. The summed E-state index contributed by atoms with van der Waals surface area (Å²) in [4.78, 5) is 11.7. The van der Waals surface area contributed by atoms with Gasteiger partial charge in [0.25, 0.3) is 0 Å². The molecule has 0 spiro atoms. The van der Waals surface area contributed by atoms with Crippen LogP contribution < -0.4 is 5.32 Å². The lowest BCUT2D eigenvalue weighted by molar-refractivity contribution is -0.148. The predicted octanol–water partition coefficient (Wildman–Crippen LogP) is 2.65. The van der Waals surface area contributed by atoms with Crippen LogP contribution in [0.5, 0.6) is 0 Å². The zero-order valence-corrected chi connectivity index (χ0v) is 11.7. The van der Waals surface area contributed by atoms with Gasteiger partial charge in [-0.2, -0.15) is 13.2 Å². The molecule has 0 saturated carbocycles. The van der Waals surface area contributed by atoms with E-state index in [1.165, 1.54) is 19.2 Å². The van der Waals surface area contributed by atoms with Crippen molar-refractivity contribution >= 4 is 5.97 Å². The standard InChI is InChI=1S/C15H18F3NO2/c1-21-14(20)13-9-19-7-6-11(13)8-10-2-4-12(5-3-10)15(16,17)18/h2-5,11,13,19H,6-9H2,1H3/t11-,13-/m1/s1. The second kappa shape index (κ2) is 6.47. The van der Waals surface area contributed by atoms with Gasteiger partial charge in [-0.1, -0.05) is 12.1 Å². The molecule has 1 fully saturated rings. The van der Waals surface area contributed by atoms with Crippen LogP contribution in [-0.2, 0) is 22.1 Å². The molecule has 0 radical (unpaired) electrons. The van der Waals surface area contributed by atoms with Crippen molar-refractivity contribution in [2.45, 2.75) is 19.0 Å². The molecular weight excluding hydrogens is 283 g/mol. The Morgan fingerprint density at radius 3 is 2.57 bits per heavy atom. The van der Waals surface area contributed by atoms with E-state index in [4.69, 9.17) is 4.74 Å². The molecule has 1 heterocycles. The first-order valence-corrected chi connectivity index (χ1v) is 6.86. The smallest absolute Gasteiger partial charge is 0.416 e. The summed E-state index contributed by atoms with van der Waals surface area (Å²) in [6, 6.07) is 5.14. The highest BCUT2D eigenvalue weighted by Crippen LogP contribution is 2.30. The second-order valence-corrected chi connectivity index (χ2v) is 5.28. The SMILES string of the molecule is COC(=O)[C@@H]1CNCC[C@@H]1Cc1ccc(C(F)(F)F)cc1. The van der Waals surface area contributed by atoms with E-state index in [1.807, 2.05) is 0 Å². The quantitative estimate of drug-likeness (QED) is 0.872. The van der Waals surface area contributed by atoms with Crippen molar-refractivity contribution in [2.24, 2.45) is 11.8 Å². The van der Waals surface area contributed by atoms with E-state index < -0.39 is 11.7 Å². The number of carbonyl (C=O) groups excluding carboxylic acids is 1. The Morgan fingerprint density at radius 2 is 2.00 bits per heavy atom. The number of esters is 1. The highest BCUT2D eigenvalue weighted by molar-refractivity contribution is 5.73. The maximum atomic E-state index is 12.5. The average Bonchev–Trinajstić information content (AvgIpc) is 2.46. The van der Waals surface area contributed by atoms with Gasteiger partial charge in [0.2, 0.25) is 0 Å². The van der Waals surface area contributed by atoms with Crippen molar-refractivity contribution in [3.05, 3.63) is 35.4 Å². The molecule has 116 valence electrons. The van der Waals surface area contributed by atoms with E-state index in [0.29, 0.717) is 13.0 Å². The lowest BCUT2D eigenvalue weighted by Crippen LogP contribution is -2.42. The summed E-state index contributed by atoms with van der Waals surface area (Å²) in [5.74, 6) is -0.416. The fourth-order valence-electron chi connectivity index (χ4n) is 2.72. The van der Waals surface area contributed by atoms with Gasteiger partial charge < -0.3 is 10.1 Å². The van der Waals surface area contributed by atoms with Gasteiger partial charge in [-0.25, -0.2) is 0 Å². The van der Waals surface area contributed by atoms with E-state index in [-0.39, 0.29) is 17.8 Å². The number of rotatable bonds is 3. The summed E-state index contributed by atoms with van der Waals surface area (Å²) in [6.07, 6.45) is -2.93. The van der Waals surface area contributed by atoms with Gasteiger partial charge in [0.05, 0.1) is 18.6 Å². The zero-order chi connectivity index (χ0) is 15.5. The van der Waals surface area contributed by atoms with Crippen LogP contribution in [0.25, 0.3) is 0 Å². The predicted molar refractivity (Wildman–Crippen MR) is 71.6 cm³/mol. The molecule has 0 aromatic heterocycles. The third-order valence-electron chi connectivity index (χ3n) is 3.91. The fraction of sp³-hybridized carbons (Fsp3) is 0.533. The number of piperidine rings is 1. The van der Waals surface area contributed by atoms with Crippen LogP contribution >= 0.6 is 0 Å². The number of halogens is 3. The van der Waals surface area contributed by atoms with Crippen LogP contribution in [0.15, 0.2) is 24.3 Å². The number of nitrogens with one attached hydrogen (secondary N) is 1. The number of alkyl halides is 3. The minimum atomic E-state index is -4.32. The molecule has 1 saturated heterocycles. The maximum absolute atomic E-state index is 12.5. The highest BCUT2D eigenvalue weighted by atomic mass is 19.4. The minimum absolute atomic E-state index is 0.0930. The van der Waals surface area contributed by atoms with Crippen LogP contribution in [0.3, 0.4) is 0 Å². The Balaban J connectivity index is 2.07. The summed E-state index contributed by atoms with van der Waals surface area (Å²) >= 11 is 0. The monoisotopic (exact) mass is 301 g/mol. The Hall–Kier alpha value is -1.56. The van der Waals surface area contributed by atoms with Gasteiger partial charge in [0.15, 0.2) is 0 Å². The van der Waals surface area contributed by atoms with Crippen molar-refractivity contribution in [1.82, 2.24) is 5.32 Å². The maximum Gasteiger partial charge on any atom is 0.416 e. The lowest BCUT2D eigenvalue weighted by atomic mass is 9.82. The first kappa shape index (κ1) is 15.8. The fourth-order valence-corrected chi connectivity index (χ4v) is 2.72. The number of ether oxygens (including phenoxy) is 1. The summed E-state index contributed by atoms with van der Waals surface area (Å²) < 4.78 is 42.4. The molecule has 0 amide bonds. The normalized spacial score (nSPS) is 22.9. The van der Waals surface area contributed by atoms with Gasteiger partial charge in [-0.05, 0) is 43.0 Å². The van der Waals surface area contributed by atoms with E-state index in [1.54, 1.807) is 0 Å². The van der Waals surface area contributed by atoms with Gasteiger partial charge in [-0.15, -0.1) is 0 Å². The molecule has 2 rings (SSSR count). The molecule has 1 aliphatic rings. The Bertz CT molecular complexity index is 485. The van der Waals surface area contributed by atoms with E-state index in [0.717, 1.165) is 30.7 Å². The Kier molecular flexibility index (Phi) is 4.88. The third-order valence-corrected chi connectivity index (χ3v) is 3.91. The summed E-state index contributed by atoms with van der Waals surface area (Å²) in [5, 5.41) is 3.15. The molecule has 0 unspecified atom stereocenters. The number of hydrogen-bond donors (Lipinski definition) is 1. The van der Waals surface area contributed by atoms with E-state index in [2.05, 4.69) is 5.32 Å². The summed E-state index contributed by atoms with van der Waals surface area (Å²) in [6.45, 7) is 1.36. The molecule has 1 aliphatic heterocycles. The Morgan fingerprint density at radius 1 is 1.33 bits per heavy atom. The van der Waals surface area contributed by atoms with Crippen LogP contribution in [-0.4, -0.2) is 26.2 Å². The number of carbonyl (C=O) groups is 1. The molecule has 3 nitrogen and oxygen atoms in total. The molecule has 6 heteroatoms. The van der Waals surface area contributed by atoms with Gasteiger partial charge >= 0.3 is 12.1 Å². The largest absolute Gasteiger partial charge is 0.469 e.